The van der Waals surface area contributed by atoms with Gasteiger partial charge in [-0.25, -0.2) is 4.68 Å². The van der Waals surface area contributed by atoms with Gasteiger partial charge >= 0.3 is 0 Å². The Labute approximate surface area is 120 Å². The van der Waals surface area contributed by atoms with Crippen molar-refractivity contribution in [2.45, 2.75) is 17.3 Å². The van der Waals surface area contributed by atoms with Gasteiger partial charge in [0.1, 0.15) is 5.75 Å². The smallest absolute Gasteiger partial charge is 0.230 e. The highest BCUT2D eigenvalue weighted by molar-refractivity contribution is 8.00. The first-order valence-electron chi connectivity index (χ1n) is 5.84. The van der Waals surface area contributed by atoms with Crippen molar-refractivity contribution in [2.75, 3.05) is 13.0 Å². The molecule has 7 nitrogen and oxygen atoms in total. The van der Waals surface area contributed by atoms with Gasteiger partial charge in [0.15, 0.2) is 5.82 Å². The third-order valence-electron chi connectivity index (χ3n) is 2.70. The summed E-state index contributed by atoms with van der Waals surface area (Å²) in [5.74, 6) is 6.77. The first-order chi connectivity index (χ1) is 9.52. The molecule has 1 unspecified atom stereocenters. The first-order valence-corrected chi connectivity index (χ1v) is 6.71. The average molecular weight is 293 g/mol. The molecule has 106 valence electrons. The minimum Gasteiger partial charge on any atom is -0.497 e. The van der Waals surface area contributed by atoms with Crippen LogP contribution in [0.25, 0.3) is 11.4 Å². The van der Waals surface area contributed by atoms with Crippen LogP contribution in [-0.4, -0.2) is 33.1 Å². The van der Waals surface area contributed by atoms with Crippen LogP contribution in [0.2, 0.25) is 0 Å². The van der Waals surface area contributed by atoms with Crippen molar-refractivity contribution in [2.24, 2.45) is 5.73 Å². The number of nitrogen functional groups attached to an aromatic ring is 1. The quantitative estimate of drug-likeness (QED) is 0.618. The van der Waals surface area contributed by atoms with E-state index in [1.54, 1.807) is 14.0 Å². The average Bonchev–Trinajstić information content (AvgIpc) is 2.80. The summed E-state index contributed by atoms with van der Waals surface area (Å²) in [4.78, 5) is 11.1. The van der Waals surface area contributed by atoms with Gasteiger partial charge in [-0.3, -0.25) is 4.79 Å². The van der Waals surface area contributed by atoms with Crippen LogP contribution in [0.5, 0.6) is 5.75 Å². The van der Waals surface area contributed by atoms with E-state index in [0.29, 0.717) is 11.0 Å². The van der Waals surface area contributed by atoms with Crippen LogP contribution in [-0.2, 0) is 4.79 Å². The molecule has 1 aromatic carbocycles. The Bertz CT molecular complexity index is 611. The van der Waals surface area contributed by atoms with Crippen LogP contribution in [0, 0.1) is 0 Å². The van der Waals surface area contributed by atoms with Crippen LogP contribution >= 0.6 is 11.8 Å². The molecule has 2 aromatic rings. The summed E-state index contributed by atoms with van der Waals surface area (Å²) in [6.07, 6.45) is 0. The molecule has 20 heavy (non-hydrogen) atoms. The highest BCUT2D eigenvalue weighted by atomic mass is 32.2. The van der Waals surface area contributed by atoms with E-state index in [4.69, 9.17) is 16.3 Å². The summed E-state index contributed by atoms with van der Waals surface area (Å²) in [5, 5.41) is 8.00. The second-order valence-corrected chi connectivity index (χ2v) is 5.38. The Morgan fingerprint density at radius 2 is 2.00 bits per heavy atom. The number of benzene rings is 1. The van der Waals surface area contributed by atoms with E-state index in [0.717, 1.165) is 11.3 Å². The van der Waals surface area contributed by atoms with Gasteiger partial charge in [-0.1, -0.05) is 11.8 Å². The second kappa shape index (κ2) is 5.83. The number of aromatic nitrogens is 3. The molecular weight excluding hydrogens is 278 g/mol. The van der Waals surface area contributed by atoms with Gasteiger partial charge in [-0.15, -0.1) is 10.2 Å². The molecule has 1 aromatic heterocycles. The van der Waals surface area contributed by atoms with Gasteiger partial charge < -0.3 is 16.3 Å². The molecule has 0 saturated heterocycles. The van der Waals surface area contributed by atoms with Gasteiger partial charge in [0.25, 0.3) is 0 Å². The number of nitrogens with zero attached hydrogens (tertiary/aromatic N) is 3. The van der Waals surface area contributed by atoms with Crippen LogP contribution in [0.3, 0.4) is 0 Å². The maximum atomic E-state index is 11.1. The largest absolute Gasteiger partial charge is 0.497 e. The minimum atomic E-state index is -0.427. The van der Waals surface area contributed by atoms with E-state index < -0.39 is 11.2 Å². The number of methoxy groups -OCH3 is 1. The molecule has 1 amide bonds. The van der Waals surface area contributed by atoms with Crippen LogP contribution in [0.1, 0.15) is 6.92 Å². The number of thioether (sulfide) groups is 1. The predicted octanol–water partition coefficient (Wildman–Crippen LogP) is 0.633. The minimum absolute atomic E-state index is 0.426. The normalized spacial score (nSPS) is 12.1. The maximum Gasteiger partial charge on any atom is 0.230 e. The van der Waals surface area contributed by atoms with Gasteiger partial charge in [0, 0.05) is 5.56 Å². The fraction of sp³-hybridized carbons (Fsp3) is 0.250. The summed E-state index contributed by atoms with van der Waals surface area (Å²) in [6, 6.07) is 7.28. The monoisotopic (exact) mass is 293 g/mol. The molecule has 0 aliphatic carbocycles. The van der Waals surface area contributed by atoms with Crippen LogP contribution in [0.4, 0.5) is 0 Å². The number of primary amides is 1. The SMILES string of the molecule is COc1ccc(-c2nnc(SC(C)C(N)=O)n2N)cc1. The maximum absolute atomic E-state index is 11.1. The molecule has 0 spiro atoms. The molecule has 1 heterocycles. The second-order valence-electron chi connectivity index (χ2n) is 4.07. The third kappa shape index (κ3) is 2.85. The Morgan fingerprint density at radius 1 is 1.35 bits per heavy atom. The molecule has 0 radical (unpaired) electrons. The lowest BCUT2D eigenvalue weighted by atomic mass is 10.2. The Hall–Kier alpha value is -2.22. The number of ether oxygens (including phenoxy) is 1. The van der Waals surface area contributed by atoms with Crippen molar-refractivity contribution in [1.29, 1.82) is 0 Å². The zero-order chi connectivity index (χ0) is 14.7. The van der Waals surface area contributed by atoms with E-state index in [1.807, 2.05) is 24.3 Å². The molecule has 0 aliphatic heterocycles. The zero-order valence-electron chi connectivity index (χ0n) is 11.1. The summed E-state index contributed by atoms with van der Waals surface area (Å²) < 4.78 is 6.43. The first kappa shape index (κ1) is 14.2. The van der Waals surface area contributed by atoms with Crippen molar-refractivity contribution in [3.63, 3.8) is 0 Å². The van der Waals surface area contributed by atoms with Gasteiger partial charge in [0.05, 0.1) is 12.4 Å². The van der Waals surface area contributed by atoms with E-state index in [-0.39, 0.29) is 0 Å². The van der Waals surface area contributed by atoms with E-state index in [9.17, 15) is 4.79 Å². The van der Waals surface area contributed by atoms with Gasteiger partial charge in [-0.05, 0) is 31.2 Å². The summed E-state index contributed by atoms with van der Waals surface area (Å²) in [7, 11) is 1.60. The van der Waals surface area contributed by atoms with Crippen LogP contribution in [0.15, 0.2) is 29.4 Å². The van der Waals surface area contributed by atoms with Crippen molar-refractivity contribution in [1.82, 2.24) is 14.9 Å². The van der Waals surface area contributed by atoms with Crippen molar-refractivity contribution < 1.29 is 9.53 Å². The molecular formula is C12H15N5O2S. The number of carbonyl (C=O) groups excluding carboxylic acids is 1. The molecule has 2 rings (SSSR count). The topological polar surface area (TPSA) is 109 Å². The summed E-state index contributed by atoms with van der Waals surface area (Å²) >= 11 is 1.17. The zero-order valence-corrected chi connectivity index (χ0v) is 11.9. The Balaban J connectivity index is 2.25. The van der Waals surface area contributed by atoms with E-state index >= 15 is 0 Å². The van der Waals surface area contributed by atoms with E-state index in [1.165, 1.54) is 16.4 Å². The lowest BCUT2D eigenvalue weighted by Gasteiger charge is -2.07. The number of hydrogen-bond donors (Lipinski definition) is 2. The molecule has 4 N–H and O–H groups in total. The van der Waals surface area contributed by atoms with Crippen molar-refractivity contribution in [3.05, 3.63) is 24.3 Å². The summed E-state index contributed by atoms with van der Waals surface area (Å²) in [5.41, 5.74) is 6.02. The third-order valence-corrected chi connectivity index (χ3v) is 3.77. The Morgan fingerprint density at radius 3 is 2.55 bits per heavy atom. The lowest BCUT2D eigenvalue weighted by Crippen LogP contribution is -2.23. The van der Waals surface area contributed by atoms with Crippen LogP contribution < -0.4 is 16.3 Å². The predicted molar refractivity (Wildman–Crippen MR) is 76.7 cm³/mol. The van der Waals surface area contributed by atoms with Gasteiger partial charge in [-0.2, -0.15) is 0 Å². The summed E-state index contributed by atoms with van der Waals surface area (Å²) in [6.45, 7) is 1.69. The molecule has 0 bridgehead atoms. The standard InChI is InChI=1S/C12H15N5O2S/c1-7(10(13)18)20-12-16-15-11(17(12)14)8-3-5-9(19-2)6-4-8/h3-7H,14H2,1-2H3,(H2,13,18). The highest BCUT2D eigenvalue weighted by Gasteiger charge is 2.17. The van der Waals surface area contributed by atoms with E-state index in [2.05, 4.69) is 10.2 Å². The number of nitrogens with two attached hydrogens (primary N) is 2. The number of amides is 1. The molecule has 1 atom stereocenters. The fourth-order valence-electron chi connectivity index (χ4n) is 1.51. The fourth-order valence-corrected chi connectivity index (χ4v) is 2.23. The lowest BCUT2D eigenvalue weighted by molar-refractivity contribution is -0.117. The highest BCUT2D eigenvalue weighted by Crippen LogP contribution is 2.25. The molecule has 0 aliphatic rings. The number of rotatable bonds is 5. The van der Waals surface area contributed by atoms with Gasteiger partial charge in [0.2, 0.25) is 11.1 Å². The van der Waals surface area contributed by atoms with Crippen molar-refractivity contribution in [3.8, 4) is 17.1 Å². The molecule has 0 fully saturated rings. The number of hydrogen-bond acceptors (Lipinski definition) is 6. The van der Waals surface area contributed by atoms with Crippen molar-refractivity contribution >= 4 is 17.7 Å². The molecule has 8 heteroatoms. The number of carbonyl (C=O) groups is 1. The molecule has 0 saturated carbocycles. The Kier molecular flexibility index (Phi) is 4.14.